The van der Waals surface area contributed by atoms with Crippen LogP contribution in [0.1, 0.15) is 16.7 Å². The third kappa shape index (κ3) is 4.12. The first kappa shape index (κ1) is 15.6. The number of para-hydroxylation sites is 1. The molecule has 0 spiro atoms. The monoisotopic (exact) mass is 297 g/mol. The molecule has 0 amide bonds. The highest BCUT2D eigenvalue weighted by atomic mass is 16.5. The van der Waals surface area contributed by atoms with Gasteiger partial charge in [0.05, 0.1) is 13.1 Å². The number of ether oxygens (including phenoxy) is 2. The van der Waals surface area contributed by atoms with E-state index in [0.717, 1.165) is 28.5 Å². The number of aryl methyl sites for hydroxylation is 1. The second-order valence-corrected chi connectivity index (χ2v) is 4.78. The maximum Gasteiger partial charge on any atom is 0.125 e. The number of hydrogen-bond donors (Lipinski definition) is 0. The minimum absolute atomic E-state index is 0.334. The summed E-state index contributed by atoms with van der Waals surface area (Å²) >= 11 is 0. The lowest BCUT2D eigenvalue weighted by Crippen LogP contribution is -2.18. The number of aliphatic carboxylic acids is 1. The second kappa shape index (κ2) is 7.31. The quantitative estimate of drug-likeness (QED) is 0.768. The Morgan fingerprint density at radius 1 is 1.18 bits per heavy atom. The first-order chi connectivity index (χ1) is 10.6. The molecule has 0 fully saturated rings. The van der Waals surface area contributed by atoms with E-state index in [1.807, 2.05) is 37.3 Å². The third-order valence-corrected chi connectivity index (χ3v) is 3.19. The van der Waals surface area contributed by atoms with Crippen LogP contribution in [-0.2, 0) is 11.4 Å². The molecule has 0 unspecified atom stereocenters. The standard InChI is InChI=1S/C18H18O4/c1-13-5-3-4-6-16(13)22-12-15-11-14(8-10-18(19)20)7-9-17(15)21-2/h3-11H,12H2,1-2H3,(H,19,20)/p-1/b10-8+. The van der Waals surface area contributed by atoms with E-state index in [9.17, 15) is 9.90 Å². The van der Waals surface area contributed by atoms with E-state index in [0.29, 0.717) is 12.4 Å². The molecule has 0 bridgehead atoms. The summed E-state index contributed by atoms with van der Waals surface area (Å²) in [6.07, 6.45) is 2.47. The lowest BCUT2D eigenvalue weighted by Gasteiger charge is -2.12. The van der Waals surface area contributed by atoms with Crippen molar-refractivity contribution >= 4 is 12.0 Å². The lowest BCUT2D eigenvalue weighted by molar-refractivity contribution is -0.297. The highest BCUT2D eigenvalue weighted by molar-refractivity contribution is 5.83. The molecule has 0 atom stereocenters. The first-order valence-corrected chi connectivity index (χ1v) is 6.84. The van der Waals surface area contributed by atoms with E-state index in [-0.39, 0.29) is 0 Å². The van der Waals surface area contributed by atoms with Crippen molar-refractivity contribution < 1.29 is 19.4 Å². The Kier molecular flexibility index (Phi) is 5.20. The predicted octanol–water partition coefficient (Wildman–Crippen LogP) is 2.35. The Morgan fingerprint density at radius 3 is 2.64 bits per heavy atom. The molecule has 0 saturated heterocycles. The fourth-order valence-electron chi connectivity index (χ4n) is 2.05. The van der Waals surface area contributed by atoms with Crippen molar-refractivity contribution in [2.24, 2.45) is 0 Å². The van der Waals surface area contributed by atoms with Gasteiger partial charge in [-0.2, -0.15) is 0 Å². The van der Waals surface area contributed by atoms with Crippen LogP contribution in [0.4, 0.5) is 0 Å². The summed E-state index contributed by atoms with van der Waals surface area (Å²) in [5, 5.41) is 10.5. The number of carbonyl (C=O) groups is 1. The van der Waals surface area contributed by atoms with Crippen LogP contribution in [0.15, 0.2) is 48.5 Å². The maximum atomic E-state index is 10.5. The molecule has 0 saturated carbocycles. The topological polar surface area (TPSA) is 58.6 Å². The fraction of sp³-hybridized carbons (Fsp3) is 0.167. The predicted molar refractivity (Wildman–Crippen MR) is 82.5 cm³/mol. The molecule has 114 valence electrons. The summed E-state index contributed by atoms with van der Waals surface area (Å²) < 4.78 is 11.1. The van der Waals surface area contributed by atoms with Gasteiger partial charge in [0.15, 0.2) is 0 Å². The van der Waals surface area contributed by atoms with Crippen LogP contribution in [-0.4, -0.2) is 13.1 Å². The molecule has 0 aliphatic heterocycles. The largest absolute Gasteiger partial charge is 0.545 e. The zero-order chi connectivity index (χ0) is 15.9. The third-order valence-electron chi connectivity index (χ3n) is 3.19. The van der Waals surface area contributed by atoms with Gasteiger partial charge in [0.25, 0.3) is 0 Å². The van der Waals surface area contributed by atoms with Crippen molar-refractivity contribution in [2.75, 3.05) is 7.11 Å². The van der Waals surface area contributed by atoms with Gasteiger partial charge >= 0.3 is 0 Å². The van der Waals surface area contributed by atoms with Crippen LogP contribution >= 0.6 is 0 Å². The van der Waals surface area contributed by atoms with Crippen LogP contribution in [0.2, 0.25) is 0 Å². The van der Waals surface area contributed by atoms with Crippen molar-refractivity contribution in [2.45, 2.75) is 13.5 Å². The van der Waals surface area contributed by atoms with Gasteiger partial charge < -0.3 is 19.4 Å². The molecule has 4 nitrogen and oxygen atoms in total. The van der Waals surface area contributed by atoms with Gasteiger partial charge in [-0.3, -0.25) is 0 Å². The van der Waals surface area contributed by atoms with E-state index in [4.69, 9.17) is 9.47 Å². The number of hydrogen-bond acceptors (Lipinski definition) is 4. The van der Waals surface area contributed by atoms with Gasteiger partial charge in [-0.1, -0.05) is 30.3 Å². The van der Waals surface area contributed by atoms with E-state index in [1.54, 1.807) is 19.2 Å². The Bertz CT molecular complexity index is 689. The Morgan fingerprint density at radius 2 is 1.95 bits per heavy atom. The molecule has 2 aromatic rings. The van der Waals surface area contributed by atoms with Gasteiger partial charge in [-0.25, -0.2) is 0 Å². The van der Waals surface area contributed by atoms with E-state index in [1.165, 1.54) is 6.08 Å². The summed E-state index contributed by atoms with van der Waals surface area (Å²) in [5.74, 6) is 0.271. The van der Waals surface area contributed by atoms with Crippen molar-refractivity contribution in [3.05, 3.63) is 65.2 Å². The van der Waals surface area contributed by atoms with Crippen LogP contribution in [0.25, 0.3) is 6.08 Å². The minimum Gasteiger partial charge on any atom is -0.545 e. The normalized spacial score (nSPS) is 10.6. The second-order valence-electron chi connectivity index (χ2n) is 4.78. The average molecular weight is 297 g/mol. The highest BCUT2D eigenvalue weighted by Crippen LogP contribution is 2.24. The van der Waals surface area contributed by atoms with Crippen LogP contribution in [0.5, 0.6) is 11.5 Å². The summed E-state index contributed by atoms with van der Waals surface area (Å²) in [7, 11) is 1.59. The van der Waals surface area contributed by atoms with Gasteiger partial charge in [-0.15, -0.1) is 0 Å². The molecule has 4 heteroatoms. The summed E-state index contributed by atoms with van der Waals surface area (Å²) in [6.45, 7) is 2.31. The van der Waals surface area contributed by atoms with Crippen LogP contribution in [0.3, 0.4) is 0 Å². The molecule has 2 rings (SSSR count). The van der Waals surface area contributed by atoms with Crippen molar-refractivity contribution in [3.63, 3.8) is 0 Å². The smallest absolute Gasteiger partial charge is 0.125 e. The SMILES string of the molecule is COc1ccc(/C=C/C(=O)[O-])cc1COc1ccccc1C. The van der Waals surface area contributed by atoms with Gasteiger partial charge in [0.1, 0.15) is 18.1 Å². The summed E-state index contributed by atoms with van der Waals surface area (Å²) in [6, 6.07) is 13.1. The molecule has 0 N–H and O–H groups in total. The van der Waals surface area contributed by atoms with E-state index in [2.05, 4.69) is 0 Å². The van der Waals surface area contributed by atoms with Crippen molar-refractivity contribution in [1.29, 1.82) is 0 Å². The minimum atomic E-state index is -1.23. The van der Waals surface area contributed by atoms with Crippen LogP contribution < -0.4 is 14.6 Å². The number of carboxylic acid groups (broad SMARTS) is 1. The number of carboxylic acids is 1. The molecule has 0 heterocycles. The number of rotatable bonds is 6. The lowest BCUT2D eigenvalue weighted by atomic mass is 10.1. The van der Waals surface area contributed by atoms with Gasteiger partial charge in [0, 0.05) is 5.56 Å². The zero-order valence-corrected chi connectivity index (χ0v) is 12.5. The number of benzene rings is 2. The van der Waals surface area contributed by atoms with Gasteiger partial charge in [-0.05, 0) is 42.3 Å². The molecular weight excluding hydrogens is 280 g/mol. The number of methoxy groups -OCH3 is 1. The highest BCUT2D eigenvalue weighted by Gasteiger charge is 2.06. The Labute approximate surface area is 129 Å². The molecular formula is C18H17O4-. The molecule has 0 aromatic heterocycles. The molecule has 0 aliphatic rings. The summed E-state index contributed by atoms with van der Waals surface area (Å²) in [4.78, 5) is 10.5. The molecule has 0 aliphatic carbocycles. The van der Waals surface area contributed by atoms with Crippen molar-refractivity contribution in [1.82, 2.24) is 0 Å². The van der Waals surface area contributed by atoms with Crippen LogP contribution in [0, 0.1) is 6.92 Å². The Hall–Kier alpha value is -2.75. The van der Waals surface area contributed by atoms with Gasteiger partial charge in [0.2, 0.25) is 0 Å². The Balaban J connectivity index is 2.19. The fourth-order valence-corrected chi connectivity index (χ4v) is 2.05. The van der Waals surface area contributed by atoms with E-state index >= 15 is 0 Å². The average Bonchev–Trinajstić information content (AvgIpc) is 2.52. The van der Waals surface area contributed by atoms with Crippen molar-refractivity contribution in [3.8, 4) is 11.5 Å². The zero-order valence-electron chi connectivity index (χ0n) is 12.5. The van der Waals surface area contributed by atoms with E-state index < -0.39 is 5.97 Å². The molecule has 2 aromatic carbocycles. The number of carbonyl (C=O) groups excluding carboxylic acids is 1. The molecule has 22 heavy (non-hydrogen) atoms. The summed E-state index contributed by atoms with van der Waals surface area (Å²) in [5.41, 5.74) is 2.63. The first-order valence-electron chi connectivity index (χ1n) is 6.84. The molecule has 0 radical (unpaired) electrons. The maximum absolute atomic E-state index is 10.5.